The summed E-state index contributed by atoms with van der Waals surface area (Å²) in [4.78, 5) is 0.126. The van der Waals surface area contributed by atoms with Crippen molar-refractivity contribution >= 4 is 9.84 Å². The van der Waals surface area contributed by atoms with Crippen LogP contribution < -0.4 is 5.73 Å². The maximum Gasteiger partial charge on any atom is 0.181 e. The molecule has 1 rings (SSSR count). The van der Waals surface area contributed by atoms with Gasteiger partial charge in [0.15, 0.2) is 9.84 Å². The molecule has 0 atom stereocenters. The van der Waals surface area contributed by atoms with Crippen LogP contribution >= 0.6 is 0 Å². The lowest BCUT2D eigenvalue weighted by Gasteiger charge is -2.14. The number of nitrogens with two attached hydrogens (primary N) is 1. The first kappa shape index (κ1) is 13.1. The lowest BCUT2D eigenvalue weighted by atomic mass is 10.2. The highest BCUT2D eigenvalue weighted by Crippen LogP contribution is 2.19. The van der Waals surface area contributed by atoms with Crippen molar-refractivity contribution in [2.24, 2.45) is 5.73 Å². The molecule has 0 unspecified atom stereocenters. The van der Waals surface area contributed by atoms with Gasteiger partial charge in [0.05, 0.1) is 10.6 Å². The van der Waals surface area contributed by atoms with Gasteiger partial charge in [-0.25, -0.2) is 12.8 Å². The molecule has 0 aromatic heterocycles. The Morgan fingerprint density at radius 2 is 2.00 bits per heavy atom. The first-order valence-corrected chi connectivity index (χ1v) is 6.60. The SMILES string of the molecule is CC(C)(F)CS(=O)(=O)c1cccc(CN)c1. The van der Waals surface area contributed by atoms with E-state index in [0.29, 0.717) is 0 Å². The molecular weight excluding hydrogens is 229 g/mol. The van der Waals surface area contributed by atoms with E-state index in [1.54, 1.807) is 12.1 Å². The summed E-state index contributed by atoms with van der Waals surface area (Å²) in [6.45, 7) is 2.76. The Morgan fingerprint density at radius 1 is 1.38 bits per heavy atom. The molecule has 0 fully saturated rings. The molecule has 16 heavy (non-hydrogen) atoms. The molecule has 0 aliphatic carbocycles. The first-order valence-electron chi connectivity index (χ1n) is 4.95. The highest BCUT2D eigenvalue weighted by atomic mass is 32.2. The second-order valence-corrected chi connectivity index (χ2v) is 6.32. The minimum absolute atomic E-state index is 0.126. The van der Waals surface area contributed by atoms with E-state index >= 15 is 0 Å². The van der Waals surface area contributed by atoms with E-state index in [1.165, 1.54) is 26.0 Å². The number of hydrogen-bond acceptors (Lipinski definition) is 3. The fourth-order valence-electron chi connectivity index (χ4n) is 1.40. The van der Waals surface area contributed by atoms with Crippen molar-refractivity contribution in [1.82, 2.24) is 0 Å². The topological polar surface area (TPSA) is 60.2 Å². The maximum absolute atomic E-state index is 13.3. The largest absolute Gasteiger partial charge is 0.326 e. The average Bonchev–Trinajstić information content (AvgIpc) is 2.14. The lowest BCUT2D eigenvalue weighted by Crippen LogP contribution is -2.25. The number of sulfone groups is 1. The van der Waals surface area contributed by atoms with Crippen LogP contribution in [-0.4, -0.2) is 19.8 Å². The van der Waals surface area contributed by atoms with Crippen LogP contribution in [0.5, 0.6) is 0 Å². The quantitative estimate of drug-likeness (QED) is 0.877. The molecule has 1 aromatic rings. The highest BCUT2D eigenvalue weighted by molar-refractivity contribution is 7.91. The van der Waals surface area contributed by atoms with Crippen molar-refractivity contribution in [3.63, 3.8) is 0 Å². The Hall–Kier alpha value is -0.940. The molecule has 2 N–H and O–H groups in total. The van der Waals surface area contributed by atoms with Crippen LogP contribution in [0.2, 0.25) is 0 Å². The fourth-order valence-corrected chi connectivity index (χ4v) is 3.09. The monoisotopic (exact) mass is 245 g/mol. The Labute approximate surface area is 95.4 Å². The molecule has 0 aliphatic heterocycles. The Kier molecular flexibility index (Phi) is 3.70. The smallest absolute Gasteiger partial charge is 0.181 e. The van der Waals surface area contributed by atoms with E-state index in [-0.39, 0.29) is 11.4 Å². The third kappa shape index (κ3) is 3.57. The summed E-state index contributed by atoms with van der Waals surface area (Å²) in [6, 6.07) is 6.29. The standard InChI is InChI=1S/C11H16FNO2S/c1-11(2,12)8-16(14,15)10-5-3-4-9(6-10)7-13/h3-6H,7-8,13H2,1-2H3. The maximum atomic E-state index is 13.3. The van der Waals surface area contributed by atoms with E-state index in [4.69, 9.17) is 5.73 Å². The van der Waals surface area contributed by atoms with Crippen LogP contribution in [0, 0.1) is 0 Å². The molecule has 0 saturated heterocycles. The Bertz CT molecular complexity index is 463. The molecule has 90 valence electrons. The molecule has 0 amide bonds. The summed E-state index contributed by atoms with van der Waals surface area (Å²) in [5.74, 6) is -0.520. The number of halogens is 1. The normalized spacial score (nSPS) is 12.8. The van der Waals surface area contributed by atoms with Crippen molar-refractivity contribution in [2.75, 3.05) is 5.75 Å². The van der Waals surface area contributed by atoms with Gasteiger partial charge in [0.25, 0.3) is 0 Å². The summed E-state index contributed by atoms with van der Waals surface area (Å²) in [5, 5.41) is 0. The molecule has 3 nitrogen and oxygen atoms in total. The second-order valence-electron chi connectivity index (χ2n) is 4.33. The van der Waals surface area contributed by atoms with Crippen molar-refractivity contribution in [3.8, 4) is 0 Å². The number of alkyl halides is 1. The summed E-state index contributed by atoms with van der Waals surface area (Å²) < 4.78 is 37.0. The summed E-state index contributed by atoms with van der Waals surface area (Å²) >= 11 is 0. The average molecular weight is 245 g/mol. The van der Waals surface area contributed by atoms with Gasteiger partial charge in [-0.05, 0) is 31.5 Å². The van der Waals surface area contributed by atoms with Crippen LogP contribution in [0.3, 0.4) is 0 Å². The highest BCUT2D eigenvalue weighted by Gasteiger charge is 2.26. The van der Waals surface area contributed by atoms with Crippen molar-refractivity contribution < 1.29 is 12.8 Å². The minimum atomic E-state index is -3.58. The minimum Gasteiger partial charge on any atom is -0.326 e. The summed E-state index contributed by atoms with van der Waals surface area (Å²) in [5.41, 5.74) is 4.40. The summed E-state index contributed by atoms with van der Waals surface area (Å²) in [6.07, 6.45) is 0. The van der Waals surface area contributed by atoms with Crippen molar-refractivity contribution in [2.45, 2.75) is 31.0 Å². The molecule has 0 aliphatic rings. The van der Waals surface area contributed by atoms with Gasteiger partial charge in [-0.15, -0.1) is 0 Å². The van der Waals surface area contributed by atoms with E-state index in [9.17, 15) is 12.8 Å². The fraction of sp³-hybridized carbons (Fsp3) is 0.455. The zero-order valence-electron chi connectivity index (χ0n) is 9.40. The van der Waals surface area contributed by atoms with Crippen LogP contribution in [0.4, 0.5) is 4.39 Å². The molecule has 0 spiro atoms. The van der Waals surface area contributed by atoms with Gasteiger partial charge < -0.3 is 5.73 Å². The first-order chi connectivity index (χ1) is 7.24. The Balaban J connectivity index is 3.08. The van der Waals surface area contributed by atoms with Crippen LogP contribution in [-0.2, 0) is 16.4 Å². The van der Waals surface area contributed by atoms with Gasteiger partial charge in [0.1, 0.15) is 5.67 Å². The van der Waals surface area contributed by atoms with Gasteiger partial charge in [-0.3, -0.25) is 0 Å². The number of rotatable bonds is 4. The molecule has 0 radical (unpaired) electrons. The third-order valence-corrected chi connectivity index (χ3v) is 4.07. The molecule has 0 bridgehead atoms. The third-order valence-electron chi connectivity index (χ3n) is 2.03. The Morgan fingerprint density at radius 3 is 2.50 bits per heavy atom. The van der Waals surface area contributed by atoms with E-state index in [1.807, 2.05) is 0 Å². The predicted octanol–water partition coefficient (Wildman–Crippen LogP) is 1.67. The van der Waals surface area contributed by atoms with E-state index in [0.717, 1.165) is 5.56 Å². The van der Waals surface area contributed by atoms with Gasteiger partial charge >= 0.3 is 0 Å². The lowest BCUT2D eigenvalue weighted by molar-refractivity contribution is 0.249. The van der Waals surface area contributed by atoms with Crippen molar-refractivity contribution in [1.29, 1.82) is 0 Å². The number of hydrogen-bond donors (Lipinski definition) is 1. The summed E-state index contributed by atoms with van der Waals surface area (Å²) in [7, 11) is -3.58. The van der Waals surface area contributed by atoms with Crippen LogP contribution in [0.1, 0.15) is 19.4 Å². The van der Waals surface area contributed by atoms with Gasteiger partial charge in [0.2, 0.25) is 0 Å². The zero-order chi connectivity index (χ0) is 12.4. The molecule has 0 saturated carbocycles. The van der Waals surface area contributed by atoms with Gasteiger partial charge in [0, 0.05) is 6.54 Å². The molecular formula is C11H16FNO2S. The van der Waals surface area contributed by atoms with E-state index in [2.05, 4.69) is 0 Å². The van der Waals surface area contributed by atoms with E-state index < -0.39 is 21.3 Å². The molecule has 1 aromatic carbocycles. The van der Waals surface area contributed by atoms with Gasteiger partial charge in [-0.1, -0.05) is 12.1 Å². The predicted molar refractivity (Wildman–Crippen MR) is 61.6 cm³/mol. The zero-order valence-corrected chi connectivity index (χ0v) is 10.2. The van der Waals surface area contributed by atoms with Gasteiger partial charge in [-0.2, -0.15) is 0 Å². The number of benzene rings is 1. The van der Waals surface area contributed by atoms with Crippen LogP contribution in [0.25, 0.3) is 0 Å². The molecule has 0 heterocycles. The van der Waals surface area contributed by atoms with Crippen molar-refractivity contribution in [3.05, 3.63) is 29.8 Å². The second kappa shape index (κ2) is 4.51. The molecule has 5 heteroatoms. The van der Waals surface area contributed by atoms with Crippen LogP contribution in [0.15, 0.2) is 29.2 Å².